The molecule has 0 spiro atoms. The number of amides is 2. The number of carbonyl (C=O) groups is 2. The molecule has 0 radical (unpaired) electrons. The standard InChI is InChI=1S/C27H36N2O3/c1-20-7-5-8-21(19-20)26(31)29-16-14-23(15-17-29)28-25(30)9-6-18-32-24-12-10-22(11-13-24)27(2,3)4/h5,7-8,10-13,19,23H,6,9,14-18H2,1-4H3,(H,28,30). The Morgan fingerprint density at radius 3 is 2.38 bits per heavy atom. The minimum absolute atomic E-state index is 0.0557. The summed E-state index contributed by atoms with van der Waals surface area (Å²) in [4.78, 5) is 26.9. The summed E-state index contributed by atoms with van der Waals surface area (Å²) in [5.74, 6) is 0.968. The second-order valence-electron chi connectivity index (χ2n) is 9.73. The zero-order chi connectivity index (χ0) is 23.1. The van der Waals surface area contributed by atoms with Gasteiger partial charge in [-0.1, -0.05) is 50.6 Å². The van der Waals surface area contributed by atoms with Gasteiger partial charge in [-0.05, 0) is 61.4 Å². The van der Waals surface area contributed by atoms with Crippen LogP contribution in [0.15, 0.2) is 48.5 Å². The number of aryl methyl sites for hydroxylation is 1. The summed E-state index contributed by atoms with van der Waals surface area (Å²) in [7, 11) is 0. The quantitative estimate of drug-likeness (QED) is 0.630. The van der Waals surface area contributed by atoms with Crippen LogP contribution in [-0.2, 0) is 10.2 Å². The van der Waals surface area contributed by atoms with Gasteiger partial charge in [-0.15, -0.1) is 0 Å². The van der Waals surface area contributed by atoms with Crippen LogP contribution < -0.4 is 10.1 Å². The van der Waals surface area contributed by atoms with E-state index in [0.717, 1.165) is 29.7 Å². The Kier molecular flexibility index (Phi) is 7.94. The molecule has 2 amide bonds. The molecule has 0 aromatic heterocycles. The average Bonchev–Trinajstić information content (AvgIpc) is 2.76. The maximum atomic E-state index is 12.7. The zero-order valence-corrected chi connectivity index (χ0v) is 19.8. The highest BCUT2D eigenvalue weighted by atomic mass is 16.5. The minimum Gasteiger partial charge on any atom is -0.494 e. The summed E-state index contributed by atoms with van der Waals surface area (Å²) < 4.78 is 5.78. The molecule has 5 nitrogen and oxygen atoms in total. The molecule has 0 saturated carbocycles. The molecular weight excluding hydrogens is 400 g/mol. The maximum Gasteiger partial charge on any atom is 0.253 e. The van der Waals surface area contributed by atoms with Crippen LogP contribution in [0.2, 0.25) is 0 Å². The third-order valence-corrected chi connectivity index (χ3v) is 5.95. The van der Waals surface area contributed by atoms with Crippen molar-refractivity contribution in [3.63, 3.8) is 0 Å². The number of nitrogens with one attached hydrogen (secondary N) is 1. The van der Waals surface area contributed by atoms with E-state index in [-0.39, 0.29) is 23.3 Å². The van der Waals surface area contributed by atoms with Crippen molar-refractivity contribution < 1.29 is 14.3 Å². The number of ether oxygens (including phenoxy) is 1. The average molecular weight is 437 g/mol. The number of hydrogen-bond acceptors (Lipinski definition) is 3. The highest BCUT2D eigenvalue weighted by molar-refractivity contribution is 5.94. The van der Waals surface area contributed by atoms with Crippen molar-refractivity contribution in [2.24, 2.45) is 0 Å². The Bertz CT molecular complexity index is 907. The van der Waals surface area contributed by atoms with Crippen LogP contribution in [0.4, 0.5) is 0 Å². The minimum atomic E-state index is 0.0557. The molecule has 1 N–H and O–H groups in total. The Labute approximate surface area is 192 Å². The Morgan fingerprint density at radius 1 is 1.06 bits per heavy atom. The molecule has 2 aromatic carbocycles. The Morgan fingerprint density at radius 2 is 1.75 bits per heavy atom. The molecule has 1 aliphatic heterocycles. The lowest BCUT2D eigenvalue weighted by Crippen LogP contribution is -2.46. The summed E-state index contributed by atoms with van der Waals surface area (Å²) in [5.41, 5.74) is 3.22. The Hall–Kier alpha value is -2.82. The number of rotatable bonds is 7. The van der Waals surface area contributed by atoms with Gasteiger partial charge in [-0.25, -0.2) is 0 Å². The fourth-order valence-electron chi connectivity index (χ4n) is 3.96. The number of nitrogens with zero attached hydrogens (tertiary/aromatic N) is 1. The van der Waals surface area contributed by atoms with Gasteiger partial charge in [0, 0.05) is 31.1 Å². The van der Waals surface area contributed by atoms with Crippen molar-refractivity contribution in [2.45, 2.75) is 64.8 Å². The van der Waals surface area contributed by atoms with Gasteiger partial charge in [-0.3, -0.25) is 9.59 Å². The summed E-state index contributed by atoms with van der Waals surface area (Å²) in [6.07, 6.45) is 2.71. The van der Waals surface area contributed by atoms with Crippen molar-refractivity contribution in [2.75, 3.05) is 19.7 Å². The zero-order valence-electron chi connectivity index (χ0n) is 19.8. The third-order valence-electron chi connectivity index (χ3n) is 5.95. The molecule has 3 rings (SSSR count). The highest BCUT2D eigenvalue weighted by Gasteiger charge is 2.24. The van der Waals surface area contributed by atoms with Gasteiger partial charge < -0.3 is 15.0 Å². The van der Waals surface area contributed by atoms with Gasteiger partial charge in [0.05, 0.1) is 6.61 Å². The third kappa shape index (κ3) is 6.84. The lowest BCUT2D eigenvalue weighted by Gasteiger charge is -2.32. The van der Waals surface area contributed by atoms with E-state index in [9.17, 15) is 9.59 Å². The molecule has 0 unspecified atom stereocenters. The SMILES string of the molecule is Cc1cccc(C(=O)N2CCC(NC(=O)CCCOc3ccc(C(C)(C)C)cc3)CC2)c1. The monoisotopic (exact) mass is 436 g/mol. The van der Waals surface area contributed by atoms with Gasteiger partial charge in [0.2, 0.25) is 5.91 Å². The fraction of sp³-hybridized carbons (Fsp3) is 0.481. The summed E-state index contributed by atoms with van der Waals surface area (Å²) in [5, 5.41) is 3.12. The molecule has 0 atom stereocenters. The van der Waals surface area contributed by atoms with Gasteiger partial charge in [-0.2, -0.15) is 0 Å². The molecule has 0 bridgehead atoms. The molecule has 1 saturated heterocycles. The molecular formula is C27H36N2O3. The second-order valence-corrected chi connectivity index (χ2v) is 9.73. The van der Waals surface area contributed by atoms with Crippen LogP contribution in [-0.4, -0.2) is 42.5 Å². The predicted octanol–water partition coefficient (Wildman–Crippen LogP) is 4.87. The topological polar surface area (TPSA) is 58.6 Å². The van der Waals surface area contributed by atoms with Crippen molar-refractivity contribution >= 4 is 11.8 Å². The van der Waals surface area contributed by atoms with E-state index in [1.54, 1.807) is 0 Å². The van der Waals surface area contributed by atoms with E-state index in [0.29, 0.717) is 32.5 Å². The molecule has 1 aliphatic rings. The van der Waals surface area contributed by atoms with Crippen molar-refractivity contribution in [1.82, 2.24) is 10.2 Å². The van der Waals surface area contributed by atoms with Gasteiger partial charge in [0.1, 0.15) is 5.75 Å². The van der Waals surface area contributed by atoms with Crippen LogP contribution >= 0.6 is 0 Å². The van der Waals surface area contributed by atoms with Crippen molar-refractivity contribution in [1.29, 1.82) is 0 Å². The van der Waals surface area contributed by atoms with Crippen LogP contribution in [0.3, 0.4) is 0 Å². The smallest absolute Gasteiger partial charge is 0.253 e. The first kappa shape index (κ1) is 23.8. The fourth-order valence-corrected chi connectivity index (χ4v) is 3.96. The Balaban J connectivity index is 1.33. The number of hydrogen-bond donors (Lipinski definition) is 1. The predicted molar refractivity (Wildman–Crippen MR) is 128 cm³/mol. The van der Waals surface area contributed by atoms with Crippen LogP contribution in [0.25, 0.3) is 0 Å². The highest BCUT2D eigenvalue weighted by Crippen LogP contribution is 2.24. The number of piperidine rings is 1. The molecule has 172 valence electrons. The van der Waals surface area contributed by atoms with E-state index in [2.05, 4.69) is 38.2 Å². The van der Waals surface area contributed by atoms with Gasteiger partial charge >= 0.3 is 0 Å². The van der Waals surface area contributed by atoms with Crippen LogP contribution in [0.5, 0.6) is 5.75 Å². The summed E-state index contributed by atoms with van der Waals surface area (Å²) in [6, 6.07) is 16.0. The first-order chi connectivity index (χ1) is 15.2. The van der Waals surface area contributed by atoms with E-state index in [4.69, 9.17) is 4.74 Å². The first-order valence-electron chi connectivity index (χ1n) is 11.6. The van der Waals surface area contributed by atoms with Crippen molar-refractivity contribution in [3.05, 3.63) is 65.2 Å². The van der Waals surface area contributed by atoms with E-state index >= 15 is 0 Å². The van der Waals surface area contributed by atoms with Crippen LogP contribution in [0.1, 0.15) is 67.9 Å². The van der Waals surface area contributed by atoms with Gasteiger partial charge in [0.25, 0.3) is 5.91 Å². The number of likely N-dealkylation sites (tertiary alicyclic amines) is 1. The molecule has 5 heteroatoms. The van der Waals surface area contributed by atoms with Crippen LogP contribution in [0, 0.1) is 6.92 Å². The van der Waals surface area contributed by atoms with Gasteiger partial charge in [0.15, 0.2) is 0 Å². The van der Waals surface area contributed by atoms with E-state index in [1.807, 2.05) is 48.2 Å². The van der Waals surface area contributed by atoms with E-state index < -0.39 is 0 Å². The first-order valence-corrected chi connectivity index (χ1v) is 11.6. The van der Waals surface area contributed by atoms with Crippen molar-refractivity contribution in [3.8, 4) is 5.75 Å². The lowest BCUT2D eigenvalue weighted by molar-refractivity contribution is -0.122. The number of benzene rings is 2. The lowest BCUT2D eigenvalue weighted by atomic mass is 9.87. The number of carbonyl (C=O) groups excluding carboxylic acids is 2. The second kappa shape index (κ2) is 10.7. The molecule has 1 heterocycles. The summed E-state index contributed by atoms with van der Waals surface area (Å²) in [6.45, 7) is 10.4. The molecule has 32 heavy (non-hydrogen) atoms. The largest absolute Gasteiger partial charge is 0.494 e. The molecule has 2 aromatic rings. The molecule has 1 fully saturated rings. The normalized spacial score (nSPS) is 14.8. The maximum absolute atomic E-state index is 12.7. The molecule has 0 aliphatic carbocycles. The van der Waals surface area contributed by atoms with E-state index in [1.165, 1.54) is 5.56 Å². The summed E-state index contributed by atoms with van der Waals surface area (Å²) >= 11 is 0.